The van der Waals surface area contributed by atoms with Gasteiger partial charge in [0.25, 0.3) is 0 Å². The molecule has 0 amide bonds. The van der Waals surface area contributed by atoms with Crippen LogP contribution in [-0.2, 0) is 16.1 Å². The van der Waals surface area contributed by atoms with E-state index in [9.17, 15) is 4.79 Å². The molecule has 23 heavy (non-hydrogen) atoms. The van der Waals surface area contributed by atoms with Gasteiger partial charge in [0.2, 0.25) is 0 Å². The Morgan fingerprint density at radius 3 is 2.22 bits per heavy atom. The second-order valence-electron chi connectivity index (χ2n) is 6.59. The molecule has 0 heterocycles. The van der Waals surface area contributed by atoms with Crippen LogP contribution in [0.1, 0.15) is 53.4 Å². The number of rotatable bonds is 6. The highest BCUT2D eigenvalue weighted by atomic mass is 16.6. The number of ether oxygens (including phenoxy) is 3. The maximum absolute atomic E-state index is 12.8. The van der Waals surface area contributed by atoms with E-state index in [2.05, 4.69) is 6.58 Å². The SMILES string of the molecule is C=CCOc1c(C)c(C)c(C)c(COC)c1C(=O)OC(C)(C)C. The Hall–Kier alpha value is -1.81. The number of carbonyl (C=O) groups is 1. The minimum absolute atomic E-state index is 0.325. The summed E-state index contributed by atoms with van der Waals surface area (Å²) in [5, 5.41) is 0. The molecule has 0 aliphatic rings. The van der Waals surface area contributed by atoms with Crippen molar-refractivity contribution >= 4 is 5.97 Å². The fraction of sp³-hybridized carbons (Fsp3) is 0.526. The second kappa shape index (κ2) is 7.64. The summed E-state index contributed by atoms with van der Waals surface area (Å²) in [6, 6.07) is 0. The van der Waals surface area contributed by atoms with Crippen LogP contribution >= 0.6 is 0 Å². The van der Waals surface area contributed by atoms with Gasteiger partial charge in [-0.05, 0) is 63.8 Å². The first-order chi connectivity index (χ1) is 10.6. The molecule has 0 bridgehead atoms. The zero-order chi connectivity index (χ0) is 17.8. The zero-order valence-electron chi connectivity index (χ0n) is 15.3. The standard InChI is InChI=1S/C19H28O4/c1-9-10-22-17-14(4)12(2)13(3)15(11-21-8)16(17)18(20)23-19(5,6)7/h9H,1,10-11H2,2-8H3. The summed E-state index contributed by atoms with van der Waals surface area (Å²) in [5.41, 5.74) is 3.72. The van der Waals surface area contributed by atoms with Gasteiger partial charge in [0.15, 0.2) is 0 Å². The molecule has 0 aliphatic carbocycles. The normalized spacial score (nSPS) is 11.3. The summed E-state index contributed by atoms with van der Waals surface area (Å²) in [5.74, 6) is 0.157. The van der Waals surface area contributed by atoms with Gasteiger partial charge < -0.3 is 14.2 Å². The molecule has 0 aliphatic heterocycles. The smallest absolute Gasteiger partial charge is 0.342 e. The first-order valence-electron chi connectivity index (χ1n) is 7.72. The Bertz CT molecular complexity index is 595. The number of methoxy groups -OCH3 is 1. The molecular formula is C19H28O4. The molecule has 0 radical (unpaired) electrons. The van der Waals surface area contributed by atoms with Gasteiger partial charge in [-0.15, -0.1) is 0 Å². The van der Waals surface area contributed by atoms with Crippen molar-refractivity contribution in [1.29, 1.82) is 0 Å². The van der Waals surface area contributed by atoms with Gasteiger partial charge >= 0.3 is 5.97 Å². The maximum Gasteiger partial charge on any atom is 0.342 e. The Kier molecular flexibility index (Phi) is 6.39. The molecule has 0 saturated carbocycles. The number of esters is 1. The van der Waals surface area contributed by atoms with E-state index >= 15 is 0 Å². The first-order valence-corrected chi connectivity index (χ1v) is 7.72. The van der Waals surface area contributed by atoms with E-state index in [4.69, 9.17) is 14.2 Å². The Labute approximate surface area is 139 Å². The summed E-state index contributed by atoms with van der Waals surface area (Å²) in [4.78, 5) is 12.8. The van der Waals surface area contributed by atoms with Gasteiger partial charge in [-0.25, -0.2) is 4.79 Å². The lowest BCUT2D eigenvalue weighted by Crippen LogP contribution is -2.26. The van der Waals surface area contributed by atoms with E-state index in [1.54, 1.807) is 13.2 Å². The summed E-state index contributed by atoms with van der Waals surface area (Å²) in [6.07, 6.45) is 1.66. The highest BCUT2D eigenvalue weighted by Gasteiger charge is 2.28. The molecule has 0 atom stereocenters. The molecule has 0 spiro atoms. The largest absolute Gasteiger partial charge is 0.488 e. The van der Waals surface area contributed by atoms with Crippen LogP contribution in [0.15, 0.2) is 12.7 Å². The highest BCUT2D eigenvalue weighted by molar-refractivity contribution is 5.96. The van der Waals surface area contributed by atoms with E-state index in [0.29, 0.717) is 24.5 Å². The van der Waals surface area contributed by atoms with Crippen molar-refractivity contribution in [2.24, 2.45) is 0 Å². The molecular weight excluding hydrogens is 292 g/mol. The highest BCUT2D eigenvalue weighted by Crippen LogP contribution is 2.35. The summed E-state index contributed by atoms with van der Waals surface area (Å²) in [7, 11) is 1.61. The first kappa shape index (κ1) is 19.2. The lowest BCUT2D eigenvalue weighted by atomic mass is 9.92. The van der Waals surface area contributed by atoms with Crippen LogP contribution in [-0.4, -0.2) is 25.3 Å². The third-order valence-corrected chi connectivity index (χ3v) is 3.68. The number of carbonyl (C=O) groups excluding carboxylic acids is 1. The fourth-order valence-corrected chi connectivity index (χ4v) is 2.38. The summed E-state index contributed by atoms with van der Waals surface area (Å²) >= 11 is 0. The van der Waals surface area contributed by atoms with Crippen LogP contribution < -0.4 is 4.74 Å². The minimum Gasteiger partial charge on any atom is -0.488 e. The average molecular weight is 320 g/mol. The van der Waals surface area contributed by atoms with Gasteiger partial charge in [-0.3, -0.25) is 0 Å². The molecule has 1 rings (SSSR count). The van der Waals surface area contributed by atoms with Crippen molar-refractivity contribution < 1.29 is 19.0 Å². The monoisotopic (exact) mass is 320 g/mol. The fourth-order valence-electron chi connectivity index (χ4n) is 2.38. The molecule has 1 aromatic carbocycles. The van der Waals surface area contributed by atoms with E-state index in [0.717, 1.165) is 22.3 Å². The Balaban J connectivity index is 3.58. The van der Waals surface area contributed by atoms with Crippen LogP contribution in [0, 0.1) is 20.8 Å². The van der Waals surface area contributed by atoms with E-state index in [1.165, 1.54) is 0 Å². The molecule has 4 nitrogen and oxygen atoms in total. The van der Waals surface area contributed by atoms with Crippen molar-refractivity contribution in [3.8, 4) is 5.75 Å². The van der Waals surface area contributed by atoms with Crippen molar-refractivity contribution in [2.75, 3.05) is 13.7 Å². The molecule has 0 N–H and O–H groups in total. The average Bonchev–Trinajstić information content (AvgIpc) is 2.44. The maximum atomic E-state index is 12.8. The molecule has 1 aromatic rings. The summed E-state index contributed by atoms with van der Waals surface area (Å²) in [6.45, 7) is 15.8. The van der Waals surface area contributed by atoms with Gasteiger partial charge in [-0.1, -0.05) is 12.7 Å². The van der Waals surface area contributed by atoms with Gasteiger partial charge in [0.1, 0.15) is 23.5 Å². The zero-order valence-corrected chi connectivity index (χ0v) is 15.3. The van der Waals surface area contributed by atoms with Crippen LogP contribution in [0.2, 0.25) is 0 Å². The van der Waals surface area contributed by atoms with Crippen LogP contribution in [0.3, 0.4) is 0 Å². The number of hydrogen-bond donors (Lipinski definition) is 0. The van der Waals surface area contributed by atoms with Crippen molar-refractivity contribution in [1.82, 2.24) is 0 Å². The third-order valence-electron chi connectivity index (χ3n) is 3.68. The van der Waals surface area contributed by atoms with Crippen LogP contribution in [0.4, 0.5) is 0 Å². The van der Waals surface area contributed by atoms with E-state index in [1.807, 2.05) is 41.5 Å². The van der Waals surface area contributed by atoms with Crippen molar-refractivity contribution in [3.05, 3.63) is 40.5 Å². The molecule has 4 heteroatoms. The molecule has 0 aromatic heterocycles. The van der Waals surface area contributed by atoms with Gasteiger partial charge in [0.05, 0.1) is 6.61 Å². The molecule has 128 valence electrons. The van der Waals surface area contributed by atoms with E-state index in [-0.39, 0.29) is 0 Å². The minimum atomic E-state index is -0.580. The van der Waals surface area contributed by atoms with Crippen molar-refractivity contribution in [2.45, 2.75) is 53.8 Å². The van der Waals surface area contributed by atoms with Crippen molar-refractivity contribution in [3.63, 3.8) is 0 Å². The second-order valence-corrected chi connectivity index (χ2v) is 6.59. The summed E-state index contributed by atoms with van der Waals surface area (Å²) < 4.78 is 16.7. The van der Waals surface area contributed by atoms with Gasteiger partial charge in [-0.2, -0.15) is 0 Å². The lowest BCUT2D eigenvalue weighted by molar-refractivity contribution is 0.00620. The van der Waals surface area contributed by atoms with Crippen LogP contribution in [0.25, 0.3) is 0 Å². The van der Waals surface area contributed by atoms with Crippen LogP contribution in [0.5, 0.6) is 5.75 Å². The lowest BCUT2D eigenvalue weighted by Gasteiger charge is -2.25. The Morgan fingerprint density at radius 2 is 1.74 bits per heavy atom. The van der Waals surface area contributed by atoms with Gasteiger partial charge in [0, 0.05) is 7.11 Å². The quantitative estimate of drug-likeness (QED) is 0.580. The number of hydrogen-bond acceptors (Lipinski definition) is 4. The Morgan fingerprint density at radius 1 is 1.13 bits per heavy atom. The molecule has 0 saturated heterocycles. The molecule has 0 fully saturated rings. The predicted molar refractivity (Wildman–Crippen MR) is 92.2 cm³/mol. The molecule has 0 unspecified atom stereocenters. The predicted octanol–water partition coefficient (Wildman–Crippen LogP) is 4.28. The third kappa shape index (κ3) is 4.58. The van der Waals surface area contributed by atoms with E-state index < -0.39 is 11.6 Å². The number of benzene rings is 1. The topological polar surface area (TPSA) is 44.8 Å².